The molecule has 2 aromatic rings. The summed E-state index contributed by atoms with van der Waals surface area (Å²) in [4.78, 5) is 0. The highest BCUT2D eigenvalue weighted by molar-refractivity contribution is 5.62. The third-order valence-corrected chi connectivity index (χ3v) is 2.45. The summed E-state index contributed by atoms with van der Waals surface area (Å²) in [7, 11) is 0. The maximum atomic E-state index is 13.3. The van der Waals surface area contributed by atoms with Gasteiger partial charge < -0.3 is 15.8 Å². The SMILES string of the molecule is CCOc1ccc(Nc2ccc(N)c(F)c2)cc1. The highest BCUT2D eigenvalue weighted by Crippen LogP contribution is 2.22. The molecule has 0 aliphatic carbocycles. The van der Waals surface area contributed by atoms with Crippen LogP contribution in [0.3, 0.4) is 0 Å². The van der Waals surface area contributed by atoms with Crippen LogP contribution in [0.1, 0.15) is 6.92 Å². The number of benzene rings is 2. The van der Waals surface area contributed by atoms with Crippen molar-refractivity contribution in [2.75, 3.05) is 17.7 Å². The lowest BCUT2D eigenvalue weighted by Crippen LogP contribution is -1.95. The molecule has 0 radical (unpaired) electrons. The minimum Gasteiger partial charge on any atom is -0.494 e. The Kier molecular flexibility index (Phi) is 3.67. The summed E-state index contributed by atoms with van der Waals surface area (Å²) in [6, 6.07) is 12.1. The van der Waals surface area contributed by atoms with Gasteiger partial charge in [0.25, 0.3) is 0 Å². The fraction of sp³-hybridized carbons (Fsp3) is 0.143. The van der Waals surface area contributed by atoms with Gasteiger partial charge in [-0.25, -0.2) is 4.39 Å². The number of nitrogens with two attached hydrogens (primary N) is 1. The molecule has 0 unspecified atom stereocenters. The number of hydrogen-bond acceptors (Lipinski definition) is 3. The van der Waals surface area contributed by atoms with Crippen LogP contribution in [0.5, 0.6) is 5.75 Å². The van der Waals surface area contributed by atoms with E-state index in [1.54, 1.807) is 6.07 Å². The van der Waals surface area contributed by atoms with Gasteiger partial charge >= 0.3 is 0 Å². The van der Waals surface area contributed by atoms with Crippen LogP contribution in [-0.4, -0.2) is 6.61 Å². The summed E-state index contributed by atoms with van der Waals surface area (Å²) >= 11 is 0. The Morgan fingerprint density at radius 2 is 1.78 bits per heavy atom. The predicted molar refractivity (Wildman–Crippen MR) is 71.7 cm³/mol. The molecule has 0 atom stereocenters. The van der Waals surface area contributed by atoms with Gasteiger partial charge in [-0.15, -0.1) is 0 Å². The van der Waals surface area contributed by atoms with Gasteiger partial charge in [0, 0.05) is 11.4 Å². The van der Waals surface area contributed by atoms with Crippen LogP contribution >= 0.6 is 0 Å². The largest absolute Gasteiger partial charge is 0.494 e. The van der Waals surface area contributed by atoms with Gasteiger partial charge in [-0.05, 0) is 49.4 Å². The average Bonchev–Trinajstić information content (AvgIpc) is 2.37. The molecule has 4 heteroatoms. The smallest absolute Gasteiger partial charge is 0.148 e. The first kappa shape index (κ1) is 12.2. The van der Waals surface area contributed by atoms with E-state index in [-0.39, 0.29) is 5.69 Å². The highest BCUT2D eigenvalue weighted by Gasteiger charge is 2.00. The van der Waals surface area contributed by atoms with Crippen molar-refractivity contribution < 1.29 is 9.13 Å². The summed E-state index contributed by atoms with van der Waals surface area (Å²) in [6.07, 6.45) is 0. The van der Waals surface area contributed by atoms with E-state index in [0.717, 1.165) is 11.4 Å². The van der Waals surface area contributed by atoms with Crippen LogP contribution < -0.4 is 15.8 Å². The lowest BCUT2D eigenvalue weighted by atomic mass is 10.2. The zero-order valence-electron chi connectivity index (χ0n) is 10.1. The second-order valence-corrected chi connectivity index (χ2v) is 3.82. The van der Waals surface area contributed by atoms with Crippen molar-refractivity contribution in [2.45, 2.75) is 6.92 Å². The number of nitrogens with one attached hydrogen (secondary N) is 1. The van der Waals surface area contributed by atoms with Gasteiger partial charge in [0.05, 0.1) is 12.3 Å². The fourth-order valence-electron chi connectivity index (χ4n) is 1.57. The summed E-state index contributed by atoms with van der Waals surface area (Å²) in [5, 5.41) is 3.09. The lowest BCUT2D eigenvalue weighted by Gasteiger charge is -2.08. The van der Waals surface area contributed by atoms with Crippen molar-refractivity contribution in [2.24, 2.45) is 0 Å². The Bertz CT molecular complexity index is 526. The van der Waals surface area contributed by atoms with Crippen LogP contribution in [0.4, 0.5) is 21.5 Å². The molecule has 0 amide bonds. The highest BCUT2D eigenvalue weighted by atomic mass is 19.1. The van der Waals surface area contributed by atoms with Crippen LogP contribution in [0, 0.1) is 5.82 Å². The van der Waals surface area contributed by atoms with Gasteiger partial charge in [0.1, 0.15) is 11.6 Å². The fourth-order valence-corrected chi connectivity index (χ4v) is 1.57. The number of anilines is 3. The maximum Gasteiger partial charge on any atom is 0.148 e. The molecule has 3 nitrogen and oxygen atoms in total. The quantitative estimate of drug-likeness (QED) is 0.811. The first-order valence-electron chi connectivity index (χ1n) is 5.74. The van der Waals surface area contributed by atoms with Crippen molar-refractivity contribution >= 4 is 17.1 Å². The van der Waals surface area contributed by atoms with Gasteiger partial charge in [0.15, 0.2) is 0 Å². The standard InChI is InChI=1S/C14H15FN2O/c1-2-18-12-6-3-10(4-7-12)17-11-5-8-14(16)13(15)9-11/h3-9,17H,2,16H2,1H3. The predicted octanol–water partition coefficient (Wildman–Crippen LogP) is 3.55. The molecular weight excluding hydrogens is 231 g/mol. The van der Waals surface area contributed by atoms with Gasteiger partial charge in [-0.1, -0.05) is 0 Å². The zero-order valence-corrected chi connectivity index (χ0v) is 10.1. The molecule has 0 spiro atoms. The molecule has 0 saturated heterocycles. The Morgan fingerprint density at radius 3 is 2.39 bits per heavy atom. The van der Waals surface area contributed by atoms with E-state index in [0.29, 0.717) is 12.3 Å². The molecule has 2 rings (SSSR count). The van der Waals surface area contributed by atoms with Crippen molar-refractivity contribution in [3.8, 4) is 5.75 Å². The van der Waals surface area contributed by atoms with Crippen molar-refractivity contribution in [1.29, 1.82) is 0 Å². The zero-order chi connectivity index (χ0) is 13.0. The van der Waals surface area contributed by atoms with Crippen LogP contribution in [0.15, 0.2) is 42.5 Å². The van der Waals surface area contributed by atoms with E-state index in [2.05, 4.69) is 5.32 Å². The van der Waals surface area contributed by atoms with Crippen LogP contribution in [0.25, 0.3) is 0 Å². The van der Waals surface area contributed by atoms with E-state index in [1.807, 2.05) is 31.2 Å². The number of halogens is 1. The molecule has 0 heterocycles. The van der Waals surface area contributed by atoms with Crippen molar-refractivity contribution in [3.63, 3.8) is 0 Å². The average molecular weight is 246 g/mol. The molecule has 2 aromatic carbocycles. The Morgan fingerprint density at radius 1 is 1.11 bits per heavy atom. The second kappa shape index (κ2) is 5.40. The Balaban J connectivity index is 2.10. The molecule has 18 heavy (non-hydrogen) atoms. The van der Waals surface area contributed by atoms with Gasteiger partial charge in [0.2, 0.25) is 0 Å². The molecule has 0 saturated carbocycles. The topological polar surface area (TPSA) is 47.3 Å². The van der Waals surface area contributed by atoms with Crippen LogP contribution in [0.2, 0.25) is 0 Å². The van der Waals surface area contributed by atoms with Gasteiger partial charge in [-0.2, -0.15) is 0 Å². The summed E-state index contributed by atoms with van der Waals surface area (Å²) in [5.74, 6) is 0.387. The minimum atomic E-state index is -0.425. The maximum absolute atomic E-state index is 13.3. The van der Waals surface area contributed by atoms with E-state index < -0.39 is 5.82 Å². The molecule has 3 N–H and O–H groups in total. The Hall–Kier alpha value is -2.23. The number of rotatable bonds is 4. The van der Waals surface area contributed by atoms with E-state index in [4.69, 9.17) is 10.5 Å². The minimum absolute atomic E-state index is 0.146. The van der Waals surface area contributed by atoms with E-state index in [1.165, 1.54) is 12.1 Å². The van der Waals surface area contributed by atoms with Crippen LogP contribution in [-0.2, 0) is 0 Å². The molecule has 0 bridgehead atoms. The third-order valence-electron chi connectivity index (χ3n) is 2.45. The number of nitrogen functional groups attached to an aromatic ring is 1. The molecule has 0 aliphatic heterocycles. The monoisotopic (exact) mass is 246 g/mol. The Labute approximate surface area is 105 Å². The normalized spacial score (nSPS) is 10.1. The van der Waals surface area contributed by atoms with Crippen molar-refractivity contribution in [1.82, 2.24) is 0 Å². The summed E-state index contributed by atoms with van der Waals surface area (Å²) in [6.45, 7) is 2.57. The molecule has 0 aliphatic rings. The van der Waals surface area contributed by atoms with E-state index >= 15 is 0 Å². The first-order chi connectivity index (χ1) is 8.69. The molecule has 0 fully saturated rings. The second-order valence-electron chi connectivity index (χ2n) is 3.82. The lowest BCUT2D eigenvalue weighted by molar-refractivity contribution is 0.340. The number of hydrogen-bond donors (Lipinski definition) is 2. The third kappa shape index (κ3) is 2.91. The van der Waals surface area contributed by atoms with E-state index in [9.17, 15) is 4.39 Å². The summed E-state index contributed by atoms with van der Waals surface area (Å²) in [5.41, 5.74) is 7.08. The molecule has 94 valence electrons. The molecule has 0 aromatic heterocycles. The number of ether oxygens (including phenoxy) is 1. The summed E-state index contributed by atoms with van der Waals surface area (Å²) < 4.78 is 18.6. The first-order valence-corrected chi connectivity index (χ1v) is 5.74. The van der Waals surface area contributed by atoms with Gasteiger partial charge in [-0.3, -0.25) is 0 Å². The van der Waals surface area contributed by atoms with Crippen molar-refractivity contribution in [3.05, 3.63) is 48.3 Å². The molecular formula is C14H15FN2O.